The molecule has 0 fully saturated rings. The van der Waals surface area contributed by atoms with Gasteiger partial charge >= 0.3 is 0 Å². The third kappa shape index (κ3) is 3.22. The number of benzene rings is 1. The van der Waals surface area contributed by atoms with Crippen LogP contribution in [0.4, 0.5) is 0 Å². The Morgan fingerprint density at radius 2 is 2.27 bits per heavy atom. The molecule has 0 saturated carbocycles. The maximum absolute atomic E-state index is 10.8. The normalized spacial score (nSPS) is 10.6. The Bertz CT molecular complexity index is 380. The average molecular weight is 206 g/mol. The number of methoxy groups -OCH3 is 1. The van der Waals surface area contributed by atoms with Gasteiger partial charge < -0.3 is 9.84 Å². The lowest BCUT2D eigenvalue weighted by atomic mass is 10.1. The van der Waals surface area contributed by atoms with E-state index in [1.807, 2.05) is 6.07 Å². The highest BCUT2D eigenvalue weighted by atomic mass is 16.5. The van der Waals surface area contributed by atoms with E-state index in [9.17, 15) is 4.79 Å². The zero-order chi connectivity index (χ0) is 11.3. The highest BCUT2D eigenvalue weighted by Gasteiger charge is 2.00. The molecule has 1 rings (SSSR count). The predicted octanol–water partition coefficient (Wildman–Crippen LogP) is 1.79. The summed E-state index contributed by atoms with van der Waals surface area (Å²) >= 11 is 0. The molecule has 1 aromatic carbocycles. The average Bonchev–Trinajstić information content (AvgIpc) is 2.25. The molecule has 0 aliphatic rings. The van der Waals surface area contributed by atoms with E-state index in [0.717, 1.165) is 11.1 Å². The van der Waals surface area contributed by atoms with E-state index >= 15 is 0 Å². The van der Waals surface area contributed by atoms with Crippen molar-refractivity contribution in [1.82, 2.24) is 0 Å². The number of ketones is 1. The molecule has 3 nitrogen and oxygen atoms in total. The Morgan fingerprint density at radius 3 is 2.80 bits per heavy atom. The number of carbonyl (C=O) groups is 1. The van der Waals surface area contributed by atoms with E-state index in [0.29, 0.717) is 5.75 Å². The molecule has 15 heavy (non-hydrogen) atoms. The Hall–Kier alpha value is -1.61. The first-order valence-electron chi connectivity index (χ1n) is 4.63. The van der Waals surface area contributed by atoms with Gasteiger partial charge in [-0.3, -0.25) is 4.79 Å². The zero-order valence-electron chi connectivity index (χ0n) is 8.86. The minimum Gasteiger partial charge on any atom is -0.497 e. The van der Waals surface area contributed by atoms with Crippen LogP contribution in [0.15, 0.2) is 24.3 Å². The predicted molar refractivity (Wildman–Crippen MR) is 58.6 cm³/mol. The van der Waals surface area contributed by atoms with Gasteiger partial charge in [-0.15, -0.1) is 0 Å². The Balaban J connectivity index is 3.02. The van der Waals surface area contributed by atoms with Crippen LogP contribution in [-0.4, -0.2) is 18.0 Å². The molecule has 0 atom stereocenters. The molecule has 0 unspecified atom stereocenters. The Kier molecular flexibility index (Phi) is 4.06. The minimum absolute atomic E-state index is 0.0188. The number of aliphatic hydroxyl groups excluding tert-OH is 1. The summed E-state index contributed by atoms with van der Waals surface area (Å²) < 4.78 is 5.04. The van der Waals surface area contributed by atoms with Crippen molar-refractivity contribution >= 4 is 11.9 Å². The Morgan fingerprint density at radius 1 is 1.53 bits per heavy atom. The summed E-state index contributed by atoms with van der Waals surface area (Å²) in [4.78, 5) is 10.8. The standard InChI is InChI=1S/C12H14O3/c1-9(14)3-4-10-5-6-12(15-2)7-11(10)8-13/h3-7,13H,8H2,1-2H3/b4-3+. The molecular weight excluding hydrogens is 192 g/mol. The second-order valence-electron chi connectivity index (χ2n) is 3.17. The quantitative estimate of drug-likeness (QED) is 0.764. The molecule has 0 aromatic heterocycles. The molecule has 1 aromatic rings. The number of hydrogen-bond donors (Lipinski definition) is 1. The van der Waals surface area contributed by atoms with Gasteiger partial charge in [0.25, 0.3) is 0 Å². The van der Waals surface area contributed by atoms with Gasteiger partial charge in [-0.05, 0) is 36.3 Å². The molecule has 0 radical (unpaired) electrons. The van der Waals surface area contributed by atoms with Crippen molar-refractivity contribution in [2.75, 3.05) is 7.11 Å². The summed E-state index contributed by atoms with van der Waals surface area (Å²) in [7, 11) is 1.57. The van der Waals surface area contributed by atoms with Gasteiger partial charge in [0.1, 0.15) is 5.75 Å². The number of allylic oxidation sites excluding steroid dienone is 1. The third-order valence-corrected chi connectivity index (χ3v) is 2.02. The zero-order valence-corrected chi connectivity index (χ0v) is 8.86. The first-order chi connectivity index (χ1) is 7.17. The molecule has 0 heterocycles. The van der Waals surface area contributed by atoms with Crippen LogP contribution in [0.2, 0.25) is 0 Å². The molecule has 0 spiro atoms. The fourth-order valence-corrected chi connectivity index (χ4v) is 1.22. The lowest BCUT2D eigenvalue weighted by molar-refractivity contribution is -0.112. The maximum Gasteiger partial charge on any atom is 0.152 e. The topological polar surface area (TPSA) is 46.5 Å². The van der Waals surface area contributed by atoms with Crippen LogP contribution in [0.5, 0.6) is 5.75 Å². The van der Waals surface area contributed by atoms with Crippen LogP contribution >= 0.6 is 0 Å². The second-order valence-corrected chi connectivity index (χ2v) is 3.17. The molecule has 0 aliphatic heterocycles. The fraction of sp³-hybridized carbons (Fsp3) is 0.250. The van der Waals surface area contributed by atoms with Crippen LogP contribution in [-0.2, 0) is 11.4 Å². The van der Waals surface area contributed by atoms with E-state index in [-0.39, 0.29) is 12.4 Å². The van der Waals surface area contributed by atoms with E-state index < -0.39 is 0 Å². The molecule has 3 heteroatoms. The largest absolute Gasteiger partial charge is 0.497 e. The maximum atomic E-state index is 10.8. The summed E-state index contributed by atoms with van der Waals surface area (Å²) in [6, 6.07) is 5.35. The van der Waals surface area contributed by atoms with Crippen LogP contribution in [0.1, 0.15) is 18.1 Å². The number of aliphatic hydroxyl groups is 1. The number of ether oxygens (including phenoxy) is 1. The molecule has 0 bridgehead atoms. The van der Waals surface area contributed by atoms with E-state index in [4.69, 9.17) is 9.84 Å². The summed E-state index contributed by atoms with van der Waals surface area (Å²) in [6.45, 7) is 1.41. The monoisotopic (exact) mass is 206 g/mol. The van der Waals surface area contributed by atoms with Gasteiger partial charge in [0.05, 0.1) is 13.7 Å². The van der Waals surface area contributed by atoms with Gasteiger partial charge in [-0.2, -0.15) is 0 Å². The SMILES string of the molecule is COc1ccc(/C=C/C(C)=O)c(CO)c1. The first-order valence-corrected chi connectivity index (χ1v) is 4.63. The van der Waals surface area contributed by atoms with Crippen molar-refractivity contribution in [2.45, 2.75) is 13.5 Å². The summed E-state index contributed by atoms with van der Waals surface area (Å²) in [6.07, 6.45) is 3.16. The lowest BCUT2D eigenvalue weighted by Gasteiger charge is -2.05. The van der Waals surface area contributed by atoms with Crippen LogP contribution < -0.4 is 4.74 Å². The van der Waals surface area contributed by atoms with Crippen molar-refractivity contribution in [3.05, 3.63) is 35.4 Å². The van der Waals surface area contributed by atoms with Crippen LogP contribution in [0, 0.1) is 0 Å². The van der Waals surface area contributed by atoms with Gasteiger partial charge in [-0.25, -0.2) is 0 Å². The minimum atomic E-state index is -0.0746. The van der Waals surface area contributed by atoms with Crippen molar-refractivity contribution in [3.8, 4) is 5.75 Å². The van der Waals surface area contributed by atoms with Crippen LogP contribution in [0.3, 0.4) is 0 Å². The molecule has 0 amide bonds. The first kappa shape index (κ1) is 11.5. The summed E-state index contributed by atoms with van der Waals surface area (Å²) in [5.74, 6) is 0.675. The van der Waals surface area contributed by atoms with Crippen molar-refractivity contribution in [3.63, 3.8) is 0 Å². The van der Waals surface area contributed by atoms with Crippen molar-refractivity contribution in [2.24, 2.45) is 0 Å². The number of hydrogen-bond acceptors (Lipinski definition) is 3. The lowest BCUT2D eigenvalue weighted by Crippen LogP contribution is -1.91. The van der Waals surface area contributed by atoms with E-state index in [1.54, 1.807) is 25.3 Å². The van der Waals surface area contributed by atoms with Gasteiger partial charge in [-0.1, -0.05) is 12.1 Å². The highest BCUT2D eigenvalue weighted by Crippen LogP contribution is 2.18. The molecule has 80 valence electrons. The van der Waals surface area contributed by atoms with Gasteiger partial charge in [0, 0.05) is 0 Å². The van der Waals surface area contributed by atoms with Crippen LogP contribution in [0.25, 0.3) is 6.08 Å². The van der Waals surface area contributed by atoms with Gasteiger partial charge in [0.15, 0.2) is 5.78 Å². The second kappa shape index (κ2) is 5.32. The smallest absolute Gasteiger partial charge is 0.152 e. The summed E-state index contributed by atoms with van der Waals surface area (Å²) in [5, 5.41) is 9.13. The number of carbonyl (C=O) groups excluding carboxylic acids is 1. The fourth-order valence-electron chi connectivity index (χ4n) is 1.22. The molecular formula is C12H14O3. The van der Waals surface area contributed by atoms with Crippen molar-refractivity contribution < 1.29 is 14.6 Å². The Labute approximate surface area is 89.0 Å². The van der Waals surface area contributed by atoms with Gasteiger partial charge in [0.2, 0.25) is 0 Å². The van der Waals surface area contributed by atoms with E-state index in [2.05, 4.69) is 0 Å². The molecule has 1 N–H and O–H groups in total. The third-order valence-electron chi connectivity index (χ3n) is 2.02. The number of rotatable bonds is 4. The van der Waals surface area contributed by atoms with E-state index in [1.165, 1.54) is 13.0 Å². The highest BCUT2D eigenvalue weighted by molar-refractivity contribution is 5.91. The van der Waals surface area contributed by atoms with Crippen molar-refractivity contribution in [1.29, 1.82) is 0 Å². The molecule has 0 saturated heterocycles. The molecule has 0 aliphatic carbocycles. The summed E-state index contributed by atoms with van der Waals surface area (Å²) in [5.41, 5.74) is 1.57.